The number of piperazine rings is 1. The van der Waals surface area contributed by atoms with Crippen LogP contribution in [-0.2, 0) is 12.8 Å². The maximum atomic E-state index is 9.54. The average molecular weight is 349 g/mol. The van der Waals surface area contributed by atoms with E-state index in [4.69, 9.17) is 4.98 Å². The molecule has 7 nitrogen and oxygen atoms in total. The third kappa shape index (κ3) is 3.03. The van der Waals surface area contributed by atoms with Crippen LogP contribution in [0.4, 0.5) is 17.6 Å². The van der Waals surface area contributed by atoms with E-state index in [9.17, 15) is 5.26 Å². The van der Waals surface area contributed by atoms with Crippen molar-refractivity contribution in [2.75, 3.05) is 55.0 Å². The Labute approximate surface area is 153 Å². The van der Waals surface area contributed by atoms with Gasteiger partial charge in [-0.2, -0.15) is 10.2 Å². The summed E-state index contributed by atoms with van der Waals surface area (Å²) in [5, 5.41) is 9.54. The Hall–Kier alpha value is -2.88. The Kier molecular flexibility index (Phi) is 4.33. The largest absolute Gasteiger partial charge is 0.363 e. The Bertz CT molecular complexity index is 847. The predicted octanol–water partition coefficient (Wildman–Crippen LogP) is 1.62. The topological polar surface area (TPSA) is 72.2 Å². The van der Waals surface area contributed by atoms with E-state index in [1.165, 1.54) is 11.3 Å². The average Bonchev–Trinajstić information content (AvgIpc) is 3.14. The summed E-state index contributed by atoms with van der Waals surface area (Å²) in [5.41, 5.74) is 3.12. The molecule has 134 valence electrons. The Morgan fingerprint density at radius 2 is 1.85 bits per heavy atom. The first-order chi connectivity index (χ1) is 12.7. The highest BCUT2D eigenvalue weighted by atomic mass is 15.3. The number of anilines is 3. The lowest BCUT2D eigenvalue weighted by Gasteiger charge is -2.36. The highest BCUT2D eigenvalue weighted by Crippen LogP contribution is 2.28. The van der Waals surface area contributed by atoms with Crippen LogP contribution in [0.15, 0.2) is 18.3 Å². The lowest BCUT2D eigenvalue weighted by atomic mass is 10.1. The number of pyridine rings is 1. The fourth-order valence-electron chi connectivity index (χ4n) is 3.64. The third-order valence-corrected chi connectivity index (χ3v) is 5.10. The van der Waals surface area contributed by atoms with Gasteiger partial charge < -0.3 is 14.7 Å². The van der Waals surface area contributed by atoms with Gasteiger partial charge in [-0.05, 0) is 37.0 Å². The van der Waals surface area contributed by atoms with Crippen molar-refractivity contribution in [2.45, 2.75) is 19.3 Å². The van der Waals surface area contributed by atoms with Gasteiger partial charge in [0.2, 0.25) is 5.95 Å². The highest BCUT2D eigenvalue weighted by molar-refractivity contribution is 5.58. The molecule has 0 saturated carbocycles. The monoisotopic (exact) mass is 349 g/mol. The van der Waals surface area contributed by atoms with Crippen LogP contribution in [0.2, 0.25) is 0 Å². The molecular weight excluding hydrogens is 326 g/mol. The first-order valence-corrected chi connectivity index (χ1v) is 9.09. The molecule has 4 rings (SSSR count). The summed E-state index contributed by atoms with van der Waals surface area (Å²) < 4.78 is 0. The molecule has 0 atom stereocenters. The maximum absolute atomic E-state index is 9.54. The molecule has 0 amide bonds. The van der Waals surface area contributed by atoms with Gasteiger partial charge in [-0.3, -0.25) is 0 Å². The van der Waals surface area contributed by atoms with E-state index in [0.717, 1.165) is 63.0 Å². The molecule has 2 aromatic heterocycles. The van der Waals surface area contributed by atoms with Crippen LogP contribution in [0.5, 0.6) is 0 Å². The van der Waals surface area contributed by atoms with Crippen molar-refractivity contribution in [1.82, 2.24) is 15.0 Å². The number of aromatic nitrogens is 3. The van der Waals surface area contributed by atoms with Crippen LogP contribution < -0.4 is 14.7 Å². The Morgan fingerprint density at radius 1 is 1.08 bits per heavy atom. The molecule has 0 bridgehead atoms. The van der Waals surface area contributed by atoms with E-state index in [-0.39, 0.29) is 0 Å². The van der Waals surface area contributed by atoms with Crippen LogP contribution in [-0.4, -0.2) is 55.2 Å². The SMILES string of the molecule is CN(C)c1ccnc(N2CCN(c3nc4c(cc3C#N)CCC4)CC2)n1. The van der Waals surface area contributed by atoms with Crippen molar-refractivity contribution in [3.05, 3.63) is 35.2 Å². The standard InChI is InChI=1S/C19H23N7/c1-24(2)17-6-7-21-19(23-17)26-10-8-25(9-11-26)18-15(13-20)12-14-4-3-5-16(14)22-18/h6-7,12H,3-5,8-11H2,1-2H3. The molecule has 26 heavy (non-hydrogen) atoms. The van der Waals surface area contributed by atoms with Gasteiger partial charge in [0.1, 0.15) is 17.7 Å². The molecule has 0 spiro atoms. The molecule has 0 radical (unpaired) electrons. The molecule has 3 heterocycles. The molecular formula is C19H23N7. The predicted molar refractivity (Wildman–Crippen MR) is 102 cm³/mol. The van der Waals surface area contributed by atoms with Gasteiger partial charge in [-0.15, -0.1) is 0 Å². The molecule has 2 aromatic rings. The number of hydrogen-bond acceptors (Lipinski definition) is 7. The fourth-order valence-corrected chi connectivity index (χ4v) is 3.64. The summed E-state index contributed by atoms with van der Waals surface area (Å²) in [7, 11) is 3.96. The molecule has 0 aromatic carbocycles. The van der Waals surface area contributed by atoms with Crippen molar-refractivity contribution in [1.29, 1.82) is 5.26 Å². The van der Waals surface area contributed by atoms with Crippen molar-refractivity contribution >= 4 is 17.6 Å². The molecule has 1 aliphatic heterocycles. The second-order valence-electron chi connectivity index (χ2n) is 7.01. The molecule has 1 saturated heterocycles. The Morgan fingerprint density at radius 3 is 2.58 bits per heavy atom. The normalized spacial score (nSPS) is 16.3. The van der Waals surface area contributed by atoms with Crippen LogP contribution in [0.3, 0.4) is 0 Å². The fraction of sp³-hybridized carbons (Fsp3) is 0.474. The second-order valence-corrected chi connectivity index (χ2v) is 7.01. The van der Waals surface area contributed by atoms with E-state index in [1.54, 1.807) is 6.20 Å². The van der Waals surface area contributed by atoms with Crippen LogP contribution in [0.1, 0.15) is 23.2 Å². The summed E-state index contributed by atoms with van der Waals surface area (Å²) >= 11 is 0. The summed E-state index contributed by atoms with van der Waals surface area (Å²) in [6.07, 6.45) is 5.02. The summed E-state index contributed by atoms with van der Waals surface area (Å²) in [5.74, 6) is 2.51. The minimum Gasteiger partial charge on any atom is -0.363 e. The van der Waals surface area contributed by atoms with Gasteiger partial charge in [-0.25, -0.2) is 9.97 Å². The zero-order chi connectivity index (χ0) is 18.1. The first kappa shape index (κ1) is 16.6. The highest BCUT2D eigenvalue weighted by Gasteiger charge is 2.24. The van der Waals surface area contributed by atoms with E-state index in [0.29, 0.717) is 5.56 Å². The van der Waals surface area contributed by atoms with Gasteiger partial charge in [0, 0.05) is 52.2 Å². The van der Waals surface area contributed by atoms with Crippen molar-refractivity contribution in [3.63, 3.8) is 0 Å². The summed E-state index contributed by atoms with van der Waals surface area (Å²) in [4.78, 5) is 20.3. The third-order valence-electron chi connectivity index (χ3n) is 5.10. The van der Waals surface area contributed by atoms with Crippen molar-refractivity contribution in [3.8, 4) is 6.07 Å². The molecule has 1 aliphatic carbocycles. The van der Waals surface area contributed by atoms with Gasteiger partial charge in [0.15, 0.2) is 0 Å². The minimum atomic E-state index is 0.699. The van der Waals surface area contributed by atoms with E-state index < -0.39 is 0 Å². The van der Waals surface area contributed by atoms with Gasteiger partial charge in [0.25, 0.3) is 0 Å². The van der Waals surface area contributed by atoms with Gasteiger partial charge in [-0.1, -0.05) is 0 Å². The Balaban J connectivity index is 1.51. The maximum Gasteiger partial charge on any atom is 0.227 e. The number of aryl methyl sites for hydroxylation is 2. The second kappa shape index (κ2) is 6.79. The molecule has 1 fully saturated rings. The van der Waals surface area contributed by atoms with Crippen LogP contribution in [0, 0.1) is 11.3 Å². The van der Waals surface area contributed by atoms with Gasteiger partial charge in [0.05, 0.1) is 5.56 Å². The van der Waals surface area contributed by atoms with E-state index >= 15 is 0 Å². The smallest absolute Gasteiger partial charge is 0.227 e. The van der Waals surface area contributed by atoms with Crippen molar-refractivity contribution < 1.29 is 0 Å². The van der Waals surface area contributed by atoms with Crippen molar-refractivity contribution in [2.24, 2.45) is 0 Å². The van der Waals surface area contributed by atoms with Crippen LogP contribution in [0.25, 0.3) is 0 Å². The zero-order valence-corrected chi connectivity index (χ0v) is 15.3. The summed E-state index contributed by atoms with van der Waals surface area (Å²) in [6.45, 7) is 3.27. The molecule has 0 unspecified atom stereocenters. The molecule has 2 aliphatic rings. The number of nitrogens with zero attached hydrogens (tertiary/aromatic N) is 7. The lowest BCUT2D eigenvalue weighted by Crippen LogP contribution is -2.47. The van der Waals surface area contributed by atoms with Crippen LogP contribution >= 0.6 is 0 Å². The molecule has 0 N–H and O–H groups in total. The number of hydrogen-bond donors (Lipinski definition) is 0. The number of nitriles is 1. The summed E-state index contributed by atoms with van der Waals surface area (Å²) in [6, 6.07) is 6.29. The minimum absolute atomic E-state index is 0.699. The number of rotatable bonds is 3. The lowest BCUT2D eigenvalue weighted by molar-refractivity contribution is 0.633. The molecule has 7 heteroatoms. The zero-order valence-electron chi connectivity index (χ0n) is 15.3. The van der Waals surface area contributed by atoms with E-state index in [2.05, 4.69) is 25.8 Å². The van der Waals surface area contributed by atoms with E-state index in [1.807, 2.05) is 31.1 Å². The quantitative estimate of drug-likeness (QED) is 0.834. The number of fused-ring (bicyclic) bond motifs is 1. The first-order valence-electron chi connectivity index (χ1n) is 9.09. The van der Waals surface area contributed by atoms with Gasteiger partial charge >= 0.3 is 0 Å².